The lowest BCUT2D eigenvalue weighted by molar-refractivity contribution is 0.161. The molecular formula is C13H18BrNO2. The minimum atomic E-state index is 0.0913. The summed E-state index contributed by atoms with van der Waals surface area (Å²) in [6, 6.07) is 6.03. The molecular weight excluding hydrogens is 282 g/mol. The van der Waals surface area contributed by atoms with Crippen molar-refractivity contribution < 1.29 is 9.84 Å². The molecule has 0 spiro atoms. The van der Waals surface area contributed by atoms with E-state index in [4.69, 9.17) is 4.74 Å². The van der Waals surface area contributed by atoms with Gasteiger partial charge in [0.25, 0.3) is 0 Å². The molecule has 1 heterocycles. The van der Waals surface area contributed by atoms with Crippen LogP contribution in [0, 0.1) is 5.92 Å². The SMILES string of the molecule is COCC1CCN(c2cc(Br)ccc2CO)C1. The van der Waals surface area contributed by atoms with Gasteiger partial charge in [-0.3, -0.25) is 0 Å². The molecule has 1 aromatic carbocycles. The Morgan fingerprint density at radius 3 is 3.06 bits per heavy atom. The third-order valence-electron chi connectivity index (χ3n) is 3.25. The molecule has 0 amide bonds. The van der Waals surface area contributed by atoms with Crippen LogP contribution in [0.1, 0.15) is 12.0 Å². The third kappa shape index (κ3) is 3.00. The highest BCUT2D eigenvalue weighted by Gasteiger charge is 2.24. The number of halogens is 1. The molecule has 2 rings (SSSR count). The Balaban J connectivity index is 2.14. The van der Waals surface area contributed by atoms with Crippen molar-refractivity contribution in [3.05, 3.63) is 28.2 Å². The van der Waals surface area contributed by atoms with Crippen LogP contribution < -0.4 is 4.90 Å². The van der Waals surface area contributed by atoms with Crippen LogP contribution in [0.3, 0.4) is 0 Å². The first-order valence-electron chi connectivity index (χ1n) is 5.87. The second kappa shape index (κ2) is 5.85. The molecule has 1 aliphatic heterocycles. The minimum absolute atomic E-state index is 0.0913. The number of hydrogen-bond acceptors (Lipinski definition) is 3. The molecule has 1 aromatic rings. The molecule has 1 saturated heterocycles. The number of anilines is 1. The predicted molar refractivity (Wildman–Crippen MR) is 72.3 cm³/mol. The molecule has 1 fully saturated rings. The Morgan fingerprint density at radius 1 is 1.53 bits per heavy atom. The average molecular weight is 300 g/mol. The molecule has 1 unspecified atom stereocenters. The van der Waals surface area contributed by atoms with Crippen LogP contribution >= 0.6 is 15.9 Å². The van der Waals surface area contributed by atoms with Gasteiger partial charge in [0, 0.05) is 41.8 Å². The fourth-order valence-corrected chi connectivity index (χ4v) is 2.74. The van der Waals surface area contributed by atoms with Crippen molar-refractivity contribution in [1.29, 1.82) is 0 Å². The number of rotatable bonds is 4. The highest BCUT2D eigenvalue weighted by Crippen LogP contribution is 2.30. The highest BCUT2D eigenvalue weighted by molar-refractivity contribution is 9.10. The molecule has 1 N–H and O–H groups in total. The quantitative estimate of drug-likeness (QED) is 0.927. The van der Waals surface area contributed by atoms with Crippen LogP contribution in [-0.4, -0.2) is 31.9 Å². The van der Waals surface area contributed by atoms with Crippen molar-refractivity contribution in [3.63, 3.8) is 0 Å². The van der Waals surface area contributed by atoms with E-state index in [1.54, 1.807) is 7.11 Å². The van der Waals surface area contributed by atoms with E-state index in [0.717, 1.165) is 41.8 Å². The van der Waals surface area contributed by atoms with Crippen molar-refractivity contribution in [2.24, 2.45) is 5.92 Å². The maximum Gasteiger partial charge on any atom is 0.0702 e. The maximum absolute atomic E-state index is 9.37. The normalized spacial score (nSPS) is 19.9. The number of ether oxygens (including phenoxy) is 1. The van der Waals surface area contributed by atoms with Crippen LogP contribution in [-0.2, 0) is 11.3 Å². The zero-order valence-corrected chi connectivity index (χ0v) is 11.6. The van der Waals surface area contributed by atoms with Crippen LogP contribution in [0.15, 0.2) is 22.7 Å². The molecule has 0 saturated carbocycles. The van der Waals surface area contributed by atoms with E-state index in [0.29, 0.717) is 5.92 Å². The molecule has 4 heteroatoms. The summed E-state index contributed by atoms with van der Waals surface area (Å²) >= 11 is 3.49. The van der Waals surface area contributed by atoms with Gasteiger partial charge in [-0.05, 0) is 18.6 Å². The second-order valence-corrected chi connectivity index (χ2v) is 5.40. The number of nitrogens with zero attached hydrogens (tertiary/aromatic N) is 1. The van der Waals surface area contributed by atoms with Crippen LogP contribution in [0.25, 0.3) is 0 Å². The van der Waals surface area contributed by atoms with Crippen LogP contribution in [0.2, 0.25) is 0 Å². The molecule has 0 aliphatic carbocycles. The smallest absolute Gasteiger partial charge is 0.0702 e. The van der Waals surface area contributed by atoms with E-state index in [1.165, 1.54) is 0 Å². The fraction of sp³-hybridized carbons (Fsp3) is 0.538. The van der Waals surface area contributed by atoms with Gasteiger partial charge in [0.05, 0.1) is 13.2 Å². The molecule has 94 valence electrons. The minimum Gasteiger partial charge on any atom is -0.392 e. The van der Waals surface area contributed by atoms with E-state index in [9.17, 15) is 5.11 Å². The summed E-state index contributed by atoms with van der Waals surface area (Å²) < 4.78 is 6.26. The van der Waals surface area contributed by atoms with Crippen molar-refractivity contribution in [2.75, 3.05) is 31.7 Å². The Bertz CT molecular complexity index is 384. The number of aliphatic hydroxyl groups is 1. The van der Waals surface area contributed by atoms with Gasteiger partial charge in [-0.25, -0.2) is 0 Å². The van der Waals surface area contributed by atoms with Gasteiger partial charge in [0.2, 0.25) is 0 Å². The largest absolute Gasteiger partial charge is 0.392 e. The number of benzene rings is 1. The molecule has 0 aromatic heterocycles. The standard InChI is InChI=1S/C13H18BrNO2/c1-17-9-10-4-5-15(7-10)13-6-12(14)3-2-11(13)8-16/h2-3,6,10,16H,4-5,7-9H2,1H3. The van der Waals surface area contributed by atoms with Crippen LogP contribution in [0.5, 0.6) is 0 Å². The first-order chi connectivity index (χ1) is 8.24. The number of hydrogen-bond donors (Lipinski definition) is 1. The van der Waals surface area contributed by atoms with E-state index < -0.39 is 0 Å². The van der Waals surface area contributed by atoms with Crippen molar-refractivity contribution in [2.45, 2.75) is 13.0 Å². The zero-order chi connectivity index (χ0) is 12.3. The summed E-state index contributed by atoms with van der Waals surface area (Å²) in [4.78, 5) is 2.33. The van der Waals surface area contributed by atoms with E-state index >= 15 is 0 Å². The third-order valence-corrected chi connectivity index (χ3v) is 3.74. The van der Waals surface area contributed by atoms with E-state index in [2.05, 4.69) is 26.9 Å². The second-order valence-electron chi connectivity index (χ2n) is 4.49. The van der Waals surface area contributed by atoms with E-state index in [-0.39, 0.29) is 6.61 Å². The maximum atomic E-state index is 9.37. The Morgan fingerprint density at radius 2 is 2.35 bits per heavy atom. The van der Waals surface area contributed by atoms with Gasteiger partial charge in [-0.2, -0.15) is 0 Å². The average Bonchev–Trinajstić information content (AvgIpc) is 2.78. The molecule has 1 atom stereocenters. The Labute approximate surface area is 111 Å². The highest BCUT2D eigenvalue weighted by atomic mass is 79.9. The summed E-state index contributed by atoms with van der Waals surface area (Å²) in [7, 11) is 1.75. The molecule has 1 aliphatic rings. The predicted octanol–water partition coefficient (Wildman–Crippen LogP) is 2.41. The van der Waals surface area contributed by atoms with E-state index in [1.807, 2.05) is 12.1 Å². The topological polar surface area (TPSA) is 32.7 Å². The lowest BCUT2D eigenvalue weighted by Crippen LogP contribution is -2.22. The van der Waals surface area contributed by atoms with Crippen LogP contribution in [0.4, 0.5) is 5.69 Å². The summed E-state index contributed by atoms with van der Waals surface area (Å²) in [6.07, 6.45) is 1.16. The van der Waals surface area contributed by atoms with Gasteiger partial charge in [-0.15, -0.1) is 0 Å². The summed E-state index contributed by atoms with van der Waals surface area (Å²) in [5, 5.41) is 9.37. The fourth-order valence-electron chi connectivity index (χ4n) is 2.39. The van der Waals surface area contributed by atoms with Gasteiger partial charge in [-0.1, -0.05) is 22.0 Å². The van der Waals surface area contributed by atoms with Crippen molar-refractivity contribution in [3.8, 4) is 0 Å². The molecule has 0 radical (unpaired) electrons. The molecule has 3 nitrogen and oxygen atoms in total. The first kappa shape index (κ1) is 12.9. The monoisotopic (exact) mass is 299 g/mol. The lowest BCUT2D eigenvalue weighted by Gasteiger charge is -2.22. The van der Waals surface area contributed by atoms with Gasteiger partial charge >= 0.3 is 0 Å². The van der Waals surface area contributed by atoms with Crippen molar-refractivity contribution >= 4 is 21.6 Å². The Hall–Kier alpha value is -0.580. The number of methoxy groups -OCH3 is 1. The number of aliphatic hydroxyl groups excluding tert-OH is 1. The summed E-state index contributed by atoms with van der Waals surface area (Å²) in [5.41, 5.74) is 2.13. The summed E-state index contributed by atoms with van der Waals surface area (Å²) in [6.45, 7) is 2.96. The van der Waals surface area contributed by atoms with Gasteiger partial charge in [0.15, 0.2) is 0 Å². The van der Waals surface area contributed by atoms with Gasteiger partial charge in [0.1, 0.15) is 0 Å². The first-order valence-corrected chi connectivity index (χ1v) is 6.67. The zero-order valence-electron chi connectivity index (χ0n) is 10.0. The molecule has 17 heavy (non-hydrogen) atoms. The Kier molecular flexibility index (Phi) is 4.42. The van der Waals surface area contributed by atoms with Crippen molar-refractivity contribution in [1.82, 2.24) is 0 Å². The molecule has 0 bridgehead atoms. The van der Waals surface area contributed by atoms with Gasteiger partial charge < -0.3 is 14.7 Å². The summed E-state index contributed by atoms with van der Waals surface area (Å²) in [5.74, 6) is 0.602. The lowest BCUT2D eigenvalue weighted by atomic mass is 10.1.